The first-order chi connectivity index (χ1) is 13.9. The van der Waals surface area contributed by atoms with Crippen LogP contribution in [0.1, 0.15) is 12.5 Å². The van der Waals surface area contributed by atoms with Gasteiger partial charge >= 0.3 is 5.97 Å². The number of aliphatic hydroxyl groups excluding tert-OH is 1. The average Bonchev–Trinajstić information content (AvgIpc) is 2.97. The number of nitrogens with zero attached hydrogens (tertiary/aromatic N) is 2. The second kappa shape index (κ2) is 9.20. The SMILES string of the molecule is CCOC(=O)C1=C(O)/C(=C\c2ccc(N(C)C)cc2)SC1=Nc1cccc(Cl)c1. The van der Waals surface area contributed by atoms with Gasteiger partial charge in [-0.25, -0.2) is 9.79 Å². The first kappa shape index (κ1) is 21.0. The largest absolute Gasteiger partial charge is 0.506 e. The van der Waals surface area contributed by atoms with E-state index in [-0.39, 0.29) is 17.9 Å². The van der Waals surface area contributed by atoms with Gasteiger partial charge in [-0.05, 0) is 48.9 Å². The quantitative estimate of drug-likeness (QED) is 0.628. The van der Waals surface area contributed by atoms with Gasteiger partial charge < -0.3 is 14.7 Å². The van der Waals surface area contributed by atoms with Crippen molar-refractivity contribution in [1.82, 2.24) is 0 Å². The van der Waals surface area contributed by atoms with Crippen LogP contribution in [0, 0.1) is 0 Å². The van der Waals surface area contributed by atoms with Crippen LogP contribution in [0.3, 0.4) is 0 Å². The highest BCUT2D eigenvalue weighted by atomic mass is 35.5. The van der Waals surface area contributed by atoms with Crippen LogP contribution in [0.5, 0.6) is 0 Å². The monoisotopic (exact) mass is 428 g/mol. The molecule has 7 heteroatoms. The minimum Gasteiger partial charge on any atom is -0.506 e. The lowest BCUT2D eigenvalue weighted by Gasteiger charge is -2.11. The molecule has 0 aliphatic carbocycles. The maximum Gasteiger partial charge on any atom is 0.344 e. The fourth-order valence-corrected chi connectivity index (χ4v) is 3.89. The highest BCUT2D eigenvalue weighted by molar-refractivity contribution is 8.18. The summed E-state index contributed by atoms with van der Waals surface area (Å²) in [6.45, 7) is 1.92. The summed E-state index contributed by atoms with van der Waals surface area (Å²) in [4.78, 5) is 19.5. The van der Waals surface area contributed by atoms with E-state index >= 15 is 0 Å². The molecule has 1 N–H and O–H groups in total. The Kier molecular flexibility index (Phi) is 6.67. The summed E-state index contributed by atoms with van der Waals surface area (Å²) in [6.07, 6.45) is 1.82. The summed E-state index contributed by atoms with van der Waals surface area (Å²) >= 11 is 7.25. The molecule has 0 saturated carbocycles. The fraction of sp³-hybridized carbons (Fsp3) is 0.182. The van der Waals surface area contributed by atoms with Crippen molar-refractivity contribution in [3.8, 4) is 0 Å². The second-order valence-corrected chi connectivity index (χ2v) is 7.90. The average molecular weight is 429 g/mol. The number of benzene rings is 2. The fourth-order valence-electron chi connectivity index (χ4n) is 2.67. The first-order valence-corrected chi connectivity index (χ1v) is 10.2. The van der Waals surface area contributed by atoms with E-state index in [0.29, 0.717) is 20.7 Å². The smallest absolute Gasteiger partial charge is 0.344 e. The molecule has 0 fully saturated rings. The molecule has 2 aromatic carbocycles. The Morgan fingerprint density at radius 2 is 1.97 bits per heavy atom. The standard InChI is InChI=1S/C22H21ClN2O3S/c1-4-28-22(27)19-20(26)18(12-14-8-10-17(11-9-14)25(2)3)29-21(19)24-16-7-5-6-15(23)13-16/h5-13,26H,4H2,1-3H3/b18-12+,24-21?. The van der Waals surface area contributed by atoms with Crippen molar-refractivity contribution in [1.29, 1.82) is 0 Å². The van der Waals surface area contributed by atoms with E-state index in [9.17, 15) is 9.90 Å². The van der Waals surface area contributed by atoms with E-state index in [4.69, 9.17) is 16.3 Å². The number of carbonyl (C=O) groups excluding carboxylic acids is 1. The zero-order chi connectivity index (χ0) is 21.0. The third kappa shape index (κ3) is 5.02. The second-order valence-electron chi connectivity index (χ2n) is 6.44. The van der Waals surface area contributed by atoms with Crippen molar-refractivity contribution in [3.05, 3.63) is 75.4 Å². The lowest BCUT2D eigenvalue weighted by atomic mass is 10.1. The zero-order valence-electron chi connectivity index (χ0n) is 16.3. The molecular formula is C22H21ClN2O3S. The summed E-state index contributed by atoms with van der Waals surface area (Å²) in [5, 5.41) is 11.6. The van der Waals surface area contributed by atoms with Gasteiger partial charge in [-0.3, -0.25) is 0 Å². The van der Waals surface area contributed by atoms with E-state index < -0.39 is 5.97 Å². The Morgan fingerprint density at radius 1 is 1.24 bits per heavy atom. The molecule has 2 aromatic rings. The van der Waals surface area contributed by atoms with Gasteiger partial charge in [0.1, 0.15) is 16.4 Å². The maximum absolute atomic E-state index is 12.4. The molecule has 0 radical (unpaired) electrons. The number of carbonyl (C=O) groups is 1. The van der Waals surface area contributed by atoms with Crippen molar-refractivity contribution in [2.75, 3.05) is 25.6 Å². The zero-order valence-corrected chi connectivity index (χ0v) is 17.9. The molecule has 1 aliphatic rings. The molecule has 0 unspecified atom stereocenters. The number of anilines is 1. The van der Waals surface area contributed by atoms with E-state index in [1.165, 1.54) is 11.8 Å². The summed E-state index contributed by atoms with van der Waals surface area (Å²) in [5.41, 5.74) is 2.62. The van der Waals surface area contributed by atoms with Crippen LogP contribution >= 0.6 is 23.4 Å². The Labute approximate surface area is 179 Å². The van der Waals surface area contributed by atoms with Crippen LogP contribution in [0.15, 0.2) is 69.8 Å². The van der Waals surface area contributed by atoms with Gasteiger partial charge in [-0.15, -0.1) is 0 Å². The summed E-state index contributed by atoms with van der Waals surface area (Å²) in [7, 11) is 3.94. The molecule has 5 nitrogen and oxygen atoms in total. The molecule has 1 heterocycles. The van der Waals surface area contributed by atoms with Gasteiger partial charge in [0.15, 0.2) is 0 Å². The van der Waals surface area contributed by atoms with Crippen LogP contribution in [-0.2, 0) is 9.53 Å². The molecule has 29 heavy (non-hydrogen) atoms. The number of aliphatic imine (C=N–C) groups is 1. The molecule has 3 rings (SSSR count). The Balaban J connectivity index is 2.00. The lowest BCUT2D eigenvalue weighted by molar-refractivity contribution is -0.138. The first-order valence-electron chi connectivity index (χ1n) is 9.01. The number of hydrogen-bond donors (Lipinski definition) is 1. The van der Waals surface area contributed by atoms with Gasteiger partial charge in [-0.2, -0.15) is 0 Å². The molecule has 0 aromatic heterocycles. The number of thioether (sulfide) groups is 1. The van der Waals surface area contributed by atoms with Crippen molar-refractivity contribution in [3.63, 3.8) is 0 Å². The van der Waals surface area contributed by atoms with Crippen molar-refractivity contribution in [2.24, 2.45) is 4.99 Å². The number of aliphatic hydroxyl groups is 1. The highest BCUT2D eigenvalue weighted by Gasteiger charge is 2.33. The summed E-state index contributed by atoms with van der Waals surface area (Å²) in [5.74, 6) is -0.740. The van der Waals surface area contributed by atoms with E-state index in [1.807, 2.05) is 49.3 Å². The normalized spacial score (nSPS) is 16.6. The van der Waals surface area contributed by atoms with E-state index in [2.05, 4.69) is 4.99 Å². The Hall–Kier alpha value is -2.70. The van der Waals surface area contributed by atoms with Gasteiger partial charge in [0.2, 0.25) is 0 Å². The van der Waals surface area contributed by atoms with Crippen molar-refractivity contribution < 1.29 is 14.6 Å². The summed E-state index contributed by atoms with van der Waals surface area (Å²) in [6, 6.07) is 14.9. The third-order valence-electron chi connectivity index (χ3n) is 4.12. The van der Waals surface area contributed by atoms with Gasteiger partial charge in [0.25, 0.3) is 0 Å². The minimum absolute atomic E-state index is 0.0630. The van der Waals surface area contributed by atoms with Crippen LogP contribution < -0.4 is 4.90 Å². The van der Waals surface area contributed by atoms with Crippen LogP contribution in [-0.4, -0.2) is 36.8 Å². The molecule has 0 bridgehead atoms. The van der Waals surface area contributed by atoms with Crippen LogP contribution in [0.4, 0.5) is 11.4 Å². The van der Waals surface area contributed by atoms with E-state index in [1.54, 1.807) is 31.2 Å². The summed E-state index contributed by atoms with van der Waals surface area (Å²) < 4.78 is 5.12. The lowest BCUT2D eigenvalue weighted by Crippen LogP contribution is -2.12. The Morgan fingerprint density at radius 3 is 2.59 bits per heavy atom. The third-order valence-corrected chi connectivity index (χ3v) is 5.37. The topological polar surface area (TPSA) is 62.1 Å². The van der Waals surface area contributed by atoms with Gasteiger partial charge in [0.05, 0.1) is 17.2 Å². The van der Waals surface area contributed by atoms with Gasteiger partial charge in [-0.1, -0.05) is 41.6 Å². The minimum atomic E-state index is -0.607. The molecule has 0 amide bonds. The van der Waals surface area contributed by atoms with Crippen LogP contribution in [0.25, 0.3) is 6.08 Å². The number of hydrogen-bond acceptors (Lipinski definition) is 6. The van der Waals surface area contributed by atoms with Crippen molar-refractivity contribution in [2.45, 2.75) is 6.92 Å². The number of halogens is 1. The van der Waals surface area contributed by atoms with Crippen LogP contribution in [0.2, 0.25) is 5.02 Å². The van der Waals surface area contributed by atoms with Gasteiger partial charge in [0, 0.05) is 24.8 Å². The predicted molar refractivity (Wildman–Crippen MR) is 121 cm³/mol. The molecule has 150 valence electrons. The maximum atomic E-state index is 12.4. The van der Waals surface area contributed by atoms with Crippen molar-refractivity contribution >= 4 is 51.8 Å². The predicted octanol–water partition coefficient (Wildman–Crippen LogP) is 5.60. The van der Waals surface area contributed by atoms with E-state index in [0.717, 1.165) is 11.3 Å². The molecule has 0 spiro atoms. The number of rotatable bonds is 5. The molecule has 0 saturated heterocycles. The molecular weight excluding hydrogens is 408 g/mol. The highest BCUT2D eigenvalue weighted by Crippen LogP contribution is 2.40. The molecule has 0 atom stereocenters. The Bertz CT molecular complexity index is 1010. The number of ether oxygens (including phenoxy) is 1. The number of esters is 1. The molecule has 1 aliphatic heterocycles.